The van der Waals surface area contributed by atoms with Crippen molar-refractivity contribution < 1.29 is 27.1 Å². The molecule has 0 saturated carbocycles. The Morgan fingerprint density at radius 2 is 1.58 bits per heavy atom. The monoisotopic (exact) mass is 638 g/mol. The number of aromatic carboxylic acids is 1. The molecular formula is C35H21ClF2N2O4S. The van der Waals surface area contributed by atoms with Crippen molar-refractivity contribution in [1.82, 2.24) is 3.97 Å². The van der Waals surface area contributed by atoms with E-state index in [1.54, 1.807) is 42.5 Å². The van der Waals surface area contributed by atoms with Crippen LogP contribution in [0.3, 0.4) is 0 Å². The van der Waals surface area contributed by atoms with E-state index in [4.69, 9.17) is 18.2 Å². The number of carboxylic acids is 1. The standard InChI is InChI=1S/C35H21ClF2N2O4S/c1-20-9-13-25(14-10-20)45(43,44)40-31-16-12-24(37)19-28(31)32(27-7-4-8-30(38)33(27)39-2)34(40)22-6-3-5-21(17-22)26-15-11-23(35(41)42)18-29(26)36/h3-19H,1H3,(H,41,42). The van der Waals surface area contributed by atoms with Gasteiger partial charge < -0.3 is 5.11 Å². The third-order valence-corrected chi connectivity index (χ3v) is 9.52. The molecule has 0 atom stereocenters. The Bertz CT molecular complexity index is 2330. The highest BCUT2D eigenvalue weighted by Gasteiger charge is 2.30. The molecule has 5 aromatic carbocycles. The molecular weight excluding hydrogens is 618 g/mol. The predicted octanol–water partition coefficient (Wildman–Crippen LogP) is 9.37. The highest BCUT2D eigenvalue weighted by Crippen LogP contribution is 2.47. The summed E-state index contributed by atoms with van der Waals surface area (Å²) in [5.74, 6) is -2.61. The maximum atomic E-state index is 15.0. The maximum Gasteiger partial charge on any atom is 0.335 e. The summed E-state index contributed by atoms with van der Waals surface area (Å²) < 4.78 is 60.0. The van der Waals surface area contributed by atoms with Crippen LogP contribution in [-0.2, 0) is 10.0 Å². The molecule has 0 saturated heterocycles. The van der Waals surface area contributed by atoms with Crippen molar-refractivity contribution in [2.24, 2.45) is 0 Å². The Labute approximate surface area is 262 Å². The minimum atomic E-state index is -4.36. The number of carboxylic acid groups (broad SMARTS) is 1. The number of nitrogens with zero attached hydrogens (tertiary/aromatic N) is 2. The van der Waals surface area contributed by atoms with Crippen molar-refractivity contribution in [2.75, 3.05) is 0 Å². The topological polar surface area (TPSA) is 80.7 Å². The quantitative estimate of drug-likeness (QED) is 0.184. The molecule has 10 heteroatoms. The molecule has 6 nitrogen and oxygen atoms in total. The normalized spacial score (nSPS) is 11.4. The number of aromatic nitrogens is 1. The van der Waals surface area contributed by atoms with Crippen molar-refractivity contribution >= 4 is 44.2 Å². The van der Waals surface area contributed by atoms with Crippen LogP contribution in [0.15, 0.2) is 108 Å². The van der Waals surface area contributed by atoms with Crippen LogP contribution in [0.2, 0.25) is 5.02 Å². The third-order valence-electron chi connectivity index (χ3n) is 7.48. The van der Waals surface area contributed by atoms with Gasteiger partial charge in [0.2, 0.25) is 5.69 Å². The molecule has 0 unspecified atom stereocenters. The van der Waals surface area contributed by atoms with E-state index in [0.717, 1.165) is 21.7 Å². The molecule has 6 aromatic rings. The van der Waals surface area contributed by atoms with E-state index in [1.807, 2.05) is 6.92 Å². The first-order chi connectivity index (χ1) is 21.5. The molecule has 6 rings (SSSR count). The second-order valence-corrected chi connectivity index (χ2v) is 12.5. The molecule has 0 aliphatic carbocycles. The highest BCUT2D eigenvalue weighted by molar-refractivity contribution is 7.90. The Balaban J connectivity index is 1.75. The fraction of sp³-hybridized carbons (Fsp3) is 0.0286. The average Bonchev–Trinajstić information content (AvgIpc) is 3.36. The number of halogens is 3. The van der Waals surface area contributed by atoms with Crippen molar-refractivity contribution in [3.8, 4) is 33.5 Å². The number of carbonyl (C=O) groups is 1. The van der Waals surface area contributed by atoms with Gasteiger partial charge in [-0.1, -0.05) is 65.7 Å². The lowest BCUT2D eigenvalue weighted by molar-refractivity contribution is 0.0697. The van der Waals surface area contributed by atoms with Gasteiger partial charge in [-0.15, -0.1) is 0 Å². The number of rotatable bonds is 6. The lowest BCUT2D eigenvalue weighted by atomic mass is 9.95. The van der Waals surface area contributed by atoms with Crippen molar-refractivity contribution in [3.63, 3.8) is 0 Å². The van der Waals surface area contributed by atoms with E-state index in [1.165, 1.54) is 48.5 Å². The van der Waals surface area contributed by atoms with Crippen molar-refractivity contribution in [3.05, 3.63) is 142 Å². The zero-order chi connectivity index (χ0) is 32.0. The molecule has 0 radical (unpaired) electrons. The molecule has 0 spiro atoms. The molecule has 0 bridgehead atoms. The van der Waals surface area contributed by atoms with Crippen molar-refractivity contribution in [1.29, 1.82) is 0 Å². The summed E-state index contributed by atoms with van der Waals surface area (Å²) in [4.78, 5) is 14.8. The Morgan fingerprint density at radius 3 is 2.27 bits per heavy atom. The Hall–Kier alpha value is -5.30. The minimum absolute atomic E-state index is 0.00804. The van der Waals surface area contributed by atoms with E-state index < -0.39 is 27.6 Å². The Morgan fingerprint density at radius 1 is 0.867 bits per heavy atom. The van der Waals surface area contributed by atoms with Crippen LogP contribution in [0.1, 0.15) is 15.9 Å². The van der Waals surface area contributed by atoms with Gasteiger partial charge in [-0.3, -0.25) is 0 Å². The smallest absolute Gasteiger partial charge is 0.335 e. The van der Waals surface area contributed by atoms with Crippen LogP contribution in [0.5, 0.6) is 0 Å². The van der Waals surface area contributed by atoms with Crippen LogP contribution in [0.4, 0.5) is 14.5 Å². The van der Waals surface area contributed by atoms with Gasteiger partial charge in [0.15, 0.2) is 0 Å². The molecule has 0 amide bonds. The van der Waals surface area contributed by atoms with Crippen molar-refractivity contribution in [2.45, 2.75) is 11.8 Å². The van der Waals surface area contributed by atoms with E-state index in [2.05, 4.69) is 4.85 Å². The van der Waals surface area contributed by atoms with Crippen LogP contribution in [0.25, 0.3) is 49.3 Å². The summed E-state index contributed by atoms with van der Waals surface area (Å²) in [5.41, 5.74) is 2.27. The first-order valence-corrected chi connectivity index (χ1v) is 15.3. The zero-order valence-corrected chi connectivity index (χ0v) is 25.0. The fourth-order valence-electron chi connectivity index (χ4n) is 5.38. The summed E-state index contributed by atoms with van der Waals surface area (Å²) in [5, 5.41) is 9.69. The van der Waals surface area contributed by atoms with Crippen LogP contribution in [0, 0.1) is 25.1 Å². The number of fused-ring (bicyclic) bond motifs is 1. The van der Waals surface area contributed by atoms with E-state index in [9.17, 15) is 22.7 Å². The maximum absolute atomic E-state index is 15.0. The summed E-state index contributed by atoms with van der Waals surface area (Å²) in [6.45, 7) is 9.55. The lowest BCUT2D eigenvalue weighted by Crippen LogP contribution is -2.14. The fourth-order valence-corrected chi connectivity index (χ4v) is 7.22. The van der Waals surface area contributed by atoms with E-state index in [0.29, 0.717) is 16.7 Å². The second kappa shape index (κ2) is 11.3. The van der Waals surface area contributed by atoms with Gasteiger partial charge >= 0.3 is 5.97 Å². The highest BCUT2D eigenvalue weighted by atomic mass is 35.5. The molecule has 0 aliphatic heterocycles. The van der Waals surface area contributed by atoms with Gasteiger partial charge in [-0.2, -0.15) is 0 Å². The number of hydrogen-bond acceptors (Lipinski definition) is 3. The first-order valence-electron chi connectivity index (χ1n) is 13.5. The second-order valence-electron chi connectivity index (χ2n) is 10.3. The molecule has 45 heavy (non-hydrogen) atoms. The predicted molar refractivity (Wildman–Crippen MR) is 170 cm³/mol. The van der Waals surface area contributed by atoms with Gasteiger partial charge in [0.05, 0.1) is 28.2 Å². The summed E-state index contributed by atoms with van der Waals surface area (Å²) in [6, 6.07) is 24.9. The number of para-hydroxylation sites is 1. The minimum Gasteiger partial charge on any atom is -0.478 e. The first kappa shape index (κ1) is 29.8. The zero-order valence-electron chi connectivity index (χ0n) is 23.4. The Kier molecular flexibility index (Phi) is 7.49. The van der Waals surface area contributed by atoms with Gasteiger partial charge in [-0.05, 0) is 72.6 Å². The van der Waals surface area contributed by atoms with Crippen LogP contribution >= 0.6 is 11.6 Å². The van der Waals surface area contributed by atoms with Gasteiger partial charge in [0.1, 0.15) is 11.6 Å². The van der Waals surface area contributed by atoms with Gasteiger partial charge in [-0.25, -0.2) is 30.8 Å². The molecule has 0 aliphatic rings. The lowest BCUT2D eigenvalue weighted by Gasteiger charge is -2.16. The molecule has 1 N–H and O–H groups in total. The van der Waals surface area contributed by atoms with E-state index in [-0.39, 0.29) is 48.9 Å². The largest absolute Gasteiger partial charge is 0.478 e. The number of hydrogen-bond donors (Lipinski definition) is 1. The van der Waals surface area contributed by atoms with E-state index >= 15 is 4.39 Å². The molecule has 1 heterocycles. The molecule has 0 fully saturated rings. The number of benzene rings is 5. The average molecular weight is 639 g/mol. The van der Waals surface area contributed by atoms with Gasteiger partial charge in [0.25, 0.3) is 10.0 Å². The summed E-state index contributed by atoms with van der Waals surface area (Å²) in [7, 11) is -4.36. The molecule has 1 aromatic heterocycles. The van der Waals surface area contributed by atoms with Gasteiger partial charge in [0, 0.05) is 27.1 Å². The van der Waals surface area contributed by atoms with Crippen LogP contribution < -0.4 is 0 Å². The SMILES string of the molecule is [C-]#[N+]c1c(F)cccc1-c1c(-c2cccc(-c3ccc(C(=O)O)cc3Cl)c2)n(S(=O)(=O)c2ccc(C)cc2)c2ccc(F)cc12. The third kappa shape index (κ3) is 5.14. The number of aryl methyl sites for hydroxylation is 1. The summed E-state index contributed by atoms with van der Waals surface area (Å²) >= 11 is 6.49. The van der Waals surface area contributed by atoms with Crippen LogP contribution in [-0.4, -0.2) is 23.5 Å². The molecule has 222 valence electrons. The summed E-state index contributed by atoms with van der Waals surface area (Å²) in [6.07, 6.45) is 0.